The van der Waals surface area contributed by atoms with Crippen molar-refractivity contribution in [1.29, 1.82) is 0 Å². The Hall–Kier alpha value is -1.90. The van der Waals surface area contributed by atoms with Crippen LogP contribution in [0.1, 0.15) is 11.1 Å². The number of carbonyl (C=O) groups is 1. The first-order valence-electron chi connectivity index (χ1n) is 9.00. The van der Waals surface area contributed by atoms with Gasteiger partial charge in [-0.1, -0.05) is 41.6 Å². The predicted molar refractivity (Wildman–Crippen MR) is 115 cm³/mol. The minimum Gasteiger partial charge on any atom is -0.315 e. The lowest BCUT2D eigenvalue weighted by molar-refractivity contribution is -0.117. The maximum absolute atomic E-state index is 14.2. The summed E-state index contributed by atoms with van der Waals surface area (Å²) in [6.45, 7) is 1.66. The van der Waals surface area contributed by atoms with Gasteiger partial charge in [0.1, 0.15) is 5.82 Å². The smallest absolute Gasteiger partial charge is 0.252 e. The average molecular weight is 453 g/mol. The standard InChI is InChI=1S/C20H18ClFN2O3S2/c1-12-2-7-15(9-16(12)22)24-17-10-29(26,27)11-18(17)28-20(24)23-19(25)8-13-3-5-14(21)6-4-13/h2-7,9,17-18H,8,10-11H2,1H3/t17-,18+/m0/s1. The van der Waals surface area contributed by atoms with Crippen LogP contribution in [0.15, 0.2) is 47.5 Å². The number of carbonyl (C=O) groups excluding carboxylic acids is 1. The van der Waals surface area contributed by atoms with E-state index >= 15 is 0 Å². The first-order valence-corrected chi connectivity index (χ1v) is 12.1. The lowest BCUT2D eigenvalue weighted by Gasteiger charge is -2.24. The van der Waals surface area contributed by atoms with Crippen molar-refractivity contribution in [3.8, 4) is 0 Å². The van der Waals surface area contributed by atoms with Gasteiger partial charge in [0.05, 0.1) is 24.0 Å². The molecule has 0 spiro atoms. The summed E-state index contributed by atoms with van der Waals surface area (Å²) in [5.74, 6) is -0.749. The van der Waals surface area contributed by atoms with Crippen LogP contribution in [0, 0.1) is 12.7 Å². The molecule has 0 aromatic heterocycles. The molecular formula is C20H18ClFN2O3S2. The fraction of sp³-hybridized carbons (Fsp3) is 0.300. The Morgan fingerprint density at radius 3 is 2.66 bits per heavy atom. The number of aliphatic imine (C=N–C) groups is 1. The number of sulfone groups is 1. The number of benzene rings is 2. The number of rotatable bonds is 3. The SMILES string of the molecule is Cc1ccc(N2C(=NC(=O)Cc3ccc(Cl)cc3)S[C@@H]3CS(=O)(=O)C[C@@H]32)cc1F. The number of hydrogen-bond donors (Lipinski definition) is 0. The predicted octanol–water partition coefficient (Wildman–Crippen LogP) is 3.63. The van der Waals surface area contributed by atoms with Gasteiger partial charge in [0.25, 0.3) is 5.91 Å². The van der Waals surface area contributed by atoms with Crippen LogP contribution in [0.3, 0.4) is 0 Å². The van der Waals surface area contributed by atoms with E-state index in [1.807, 2.05) is 0 Å². The quantitative estimate of drug-likeness (QED) is 0.711. The van der Waals surface area contributed by atoms with Crippen molar-refractivity contribution >= 4 is 50.0 Å². The van der Waals surface area contributed by atoms with Gasteiger partial charge in [-0.3, -0.25) is 4.79 Å². The van der Waals surface area contributed by atoms with Crippen molar-refractivity contribution in [2.75, 3.05) is 16.4 Å². The molecular weight excluding hydrogens is 435 g/mol. The first kappa shape index (κ1) is 20.4. The summed E-state index contributed by atoms with van der Waals surface area (Å²) < 4.78 is 38.4. The number of amides is 1. The van der Waals surface area contributed by atoms with Crippen LogP contribution in [-0.4, -0.2) is 42.3 Å². The fourth-order valence-corrected chi connectivity index (χ4v) is 7.58. The second-order valence-corrected chi connectivity index (χ2v) is 11.0. The summed E-state index contributed by atoms with van der Waals surface area (Å²) in [5.41, 5.74) is 1.78. The minimum atomic E-state index is -3.18. The molecule has 2 fully saturated rings. The molecule has 0 bridgehead atoms. The molecule has 2 heterocycles. The zero-order chi connectivity index (χ0) is 20.8. The van der Waals surface area contributed by atoms with Crippen molar-refractivity contribution in [2.24, 2.45) is 4.99 Å². The summed E-state index contributed by atoms with van der Waals surface area (Å²) in [6, 6.07) is 11.3. The van der Waals surface area contributed by atoms with Crippen LogP contribution in [-0.2, 0) is 21.1 Å². The van der Waals surface area contributed by atoms with E-state index in [4.69, 9.17) is 11.6 Å². The maximum Gasteiger partial charge on any atom is 0.252 e. The van der Waals surface area contributed by atoms with E-state index in [9.17, 15) is 17.6 Å². The van der Waals surface area contributed by atoms with Gasteiger partial charge in [-0.2, -0.15) is 4.99 Å². The lowest BCUT2D eigenvalue weighted by Crippen LogP contribution is -2.37. The number of amidine groups is 1. The summed E-state index contributed by atoms with van der Waals surface area (Å²) in [4.78, 5) is 18.5. The molecule has 2 aliphatic heterocycles. The summed E-state index contributed by atoms with van der Waals surface area (Å²) >= 11 is 7.14. The molecule has 0 N–H and O–H groups in total. The third-order valence-corrected chi connectivity index (χ3v) is 8.45. The third-order valence-electron chi connectivity index (χ3n) is 4.99. The molecule has 2 saturated heterocycles. The topological polar surface area (TPSA) is 66.8 Å². The molecule has 4 rings (SSSR count). The average Bonchev–Trinajstić information content (AvgIpc) is 3.10. The highest BCUT2D eigenvalue weighted by Crippen LogP contribution is 2.41. The third kappa shape index (κ3) is 4.34. The molecule has 152 valence electrons. The van der Waals surface area contributed by atoms with Gasteiger partial charge in [0, 0.05) is 16.0 Å². The molecule has 2 aromatic rings. The van der Waals surface area contributed by atoms with Crippen LogP contribution >= 0.6 is 23.4 Å². The van der Waals surface area contributed by atoms with Crippen LogP contribution in [0.4, 0.5) is 10.1 Å². The molecule has 2 aliphatic rings. The fourth-order valence-electron chi connectivity index (χ4n) is 3.52. The van der Waals surface area contributed by atoms with Crippen molar-refractivity contribution in [1.82, 2.24) is 0 Å². The maximum atomic E-state index is 14.2. The Labute approximate surface area is 177 Å². The van der Waals surface area contributed by atoms with Gasteiger partial charge < -0.3 is 4.90 Å². The highest BCUT2D eigenvalue weighted by molar-refractivity contribution is 8.16. The van der Waals surface area contributed by atoms with Crippen molar-refractivity contribution in [2.45, 2.75) is 24.6 Å². The van der Waals surface area contributed by atoms with E-state index < -0.39 is 9.84 Å². The molecule has 0 radical (unpaired) electrons. The van der Waals surface area contributed by atoms with Crippen LogP contribution in [0.25, 0.3) is 0 Å². The lowest BCUT2D eigenvalue weighted by atomic mass is 10.1. The molecule has 2 atom stereocenters. The van der Waals surface area contributed by atoms with Gasteiger partial charge in [0.15, 0.2) is 15.0 Å². The number of hydrogen-bond acceptors (Lipinski definition) is 4. The Morgan fingerprint density at radius 2 is 1.97 bits per heavy atom. The van der Waals surface area contributed by atoms with Gasteiger partial charge in [-0.25, -0.2) is 12.8 Å². The van der Waals surface area contributed by atoms with Gasteiger partial charge >= 0.3 is 0 Å². The van der Waals surface area contributed by atoms with E-state index in [1.54, 1.807) is 48.2 Å². The Kier molecular flexibility index (Phi) is 5.44. The minimum absolute atomic E-state index is 0.0254. The van der Waals surface area contributed by atoms with Crippen molar-refractivity contribution in [3.05, 3.63) is 64.4 Å². The molecule has 29 heavy (non-hydrogen) atoms. The van der Waals surface area contributed by atoms with Crippen LogP contribution in [0.2, 0.25) is 5.02 Å². The van der Waals surface area contributed by atoms with Gasteiger partial charge in [-0.05, 0) is 42.3 Å². The normalized spacial score (nSPS) is 24.1. The van der Waals surface area contributed by atoms with Crippen LogP contribution in [0.5, 0.6) is 0 Å². The number of nitrogens with zero attached hydrogens (tertiary/aromatic N) is 2. The number of anilines is 1. The second kappa shape index (κ2) is 7.74. The largest absolute Gasteiger partial charge is 0.315 e. The van der Waals surface area contributed by atoms with E-state index in [0.717, 1.165) is 5.56 Å². The number of aryl methyl sites for hydroxylation is 1. The van der Waals surface area contributed by atoms with E-state index in [0.29, 0.717) is 21.4 Å². The number of thioether (sulfide) groups is 1. The Bertz CT molecular complexity index is 1100. The van der Waals surface area contributed by atoms with Crippen molar-refractivity contribution in [3.63, 3.8) is 0 Å². The number of halogens is 2. The highest BCUT2D eigenvalue weighted by atomic mass is 35.5. The molecule has 1 amide bonds. The van der Waals surface area contributed by atoms with Crippen molar-refractivity contribution < 1.29 is 17.6 Å². The van der Waals surface area contributed by atoms with E-state index in [1.165, 1.54) is 17.8 Å². The first-order chi connectivity index (χ1) is 13.7. The summed E-state index contributed by atoms with van der Waals surface area (Å²) in [7, 11) is -3.18. The molecule has 9 heteroatoms. The van der Waals surface area contributed by atoms with Gasteiger partial charge in [-0.15, -0.1) is 0 Å². The van der Waals surface area contributed by atoms with E-state index in [2.05, 4.69) is 4.99 Å². The van der Waals surface area contributed by atoms with E-state index in [-0.39, 0.29) is 40.9 Å². The zero-order valence-electron chi connectivity index (χ0n) is 15.5. The van der Waals surface area contributed by atoms with Gasteiger partial charge in [0.2, 0.25) is 0 Å². The number of fused-ring (bicyclic) bond motifs is 1. The summed E-state index contributed by atoms with van der Waals surface area (Å²) in [5, 5.41) is 0.768. The second-order valence-electron chi connectivity index (χ2n) is 7.20. The molecule has 2 aromatic carbocycles. The zero-order valence-corrected chi connectivity index (χ0v) is 17.9. The monoisotopic (exact) mass is 452 g/mol. The highest BCUT2D eigenvalue weighted by Gasteiger charge is 2.49. The molecule has 0 unspecified atom stereocenters. The van der Waals surface area contributed by atoms with Crippen LogP contribution < -0.4 is 4.90 Å². The Balaban J connectivity index is 1.65. The molecule has 5 nitrogen and oxygen atoms in total. The molecule has 0 aliphatic carbocycles. The summed E-state index contributed by atoms with van der Waals surface area (Å²) in [6.07, 6.45) is 0.102. The molecule has 0 saturated carbocycles. The Morgan fingerprint density at radius 1 is 1.24 bits per heavy atom.